The van der Waals surface area contributed by atoms with Crippen LogP contribution in [0.3, 0.4) is 0 Å². The maximum absolute atomic E-state index is 9.93. The highest BCUT2D eigenvalue weighted by Crippen LogP contribution is 1.61. The number of amides is 2. The maximum Gasteiger partial charge on any atom is 0.312 e. The summed E-state index contributed by atoms with van der Waals surface area (Å²) in [5.41, 5.74) is 9.74. The second kappa shape index (κ2) is 13.7. The fraction of sp³-hybridized carbons (Fsp3) is 0.857. The Hall–Kier alpha value is -0.850. The molecule has 0 radical (unpaired) electrons. The molecule has 0 saturated heterocycles. The molecule has 0 unspecified atom stereocenters. The predicted molar refractivity (Wildman–Crippen MR) is 50.4 cm³/mol. The van der Waals surface area contributed by atoms with Crippen LogP contribution < -0.4 is 16.8 Å². The lowest BCUT2D eigenvalue weighted by molar-refractivity contribution is 0.197. The number of nitrogens with one attached hydrogen (secondary N) is 1. The van der Waals surface area contributed by atoms with Crippen LogP contribution in [0.2, 0.25) is 0 Å². The molecule has 0 rings (SSSR count). The molecule has 0 aromatic rings. The first-order valence-electron chi connectivity index (χ1n) is 3.90. The molecule has 0 aliphatic heterocycles. The molecule has 5 N–H and O–H groups in total. The van der Waals surface area contributed by atoms with E-state index >= 15 is 0 Å². The Morgan fingerprint density at radius 3 is 2.08 bits per heavy atom. The Labute approximate surface area is 78.6 Å². The highest BCUT2D eigenvalue weighted by molar-refractivity contribution is 5.71. The van der Waals surface area contributed by atoms with E-state index in [2.05, 4.69) is 14.8 Å². The van der Waals surface area contributed by atoms with Gasteiger partial charge in [-0.15, -0.1) is 0 Å². The van der Waals surface area contributed by atoms with E-state index < -0.39 is 6.03 Å². The minimum absolute atomic E-state index is 0.478. The maximum atomic E-state index is 9.93. The number of methoxy groups -OCH3 is 2. The van der Waals surface area contributed by atoms with Gasteiger partial charge in [0, 0.05) is 27.3 Å². The van der Waals surface area contributed by atoms with E-state index in [1.165, 1.54) is 0 Å². The highest BCUT2D eigenvalue weighted by atomic mass is 16.5. The Morgan fingerprint density at radius 1 is 1.31 bits per heavy atom. The zero-order valence-corrected chi connectivity index (χ0v) is 8.21. The van der Waals surface area contributed by atoms with Crippen LogP contribution in [0.15, 0.2) is 0 Å². The number of ether oxygens (including phenoxy) is 2. The molecule has 2 amide bonds. The van der Waals surface area contributed by atoms with Crippen molar-refractivity contribution in [2.45, 2.75) is 0 Å². The minimum atomic E-state index is -0.512. The van der Waals surface area contributed by atoms with E-state index in [1.807, 2.05) is 0 Å². The predicted octanol–water partition coefficient (Wildman–Crippen LogP) is -1.11. The second-order valence-corrected chi connectivity index (χ2v) is 2.07. The number of hydrogen-bond acceptors (Lipinski definition) is 4. The van der Waals surface area contributed by atoms with Crippen molar-refractivity contribution in [1.82, 2.24) is 5.32 Å². The van der Waals surface area contributed by atoms with E-state index in [4.69, 9.17) is 11.5 Å². The quantitative estimate of drug-likeness (QED) is 0.482. The Bertz CT molecular complexity index is 109. The summed E-state index contributed by atoms with van der Waals surface area (Å²) in [7, 11) is 3.19. The van der Waals surface area contributed by atoms with Crippen LogP contribution in [0.4, 0.5) is 4.79 Å². The van der Waals surface area contributed by atoms with Crippen molar-refractivity contribution in [3.05, 3.63) is 0 Å². The van der Waals surface area contributed by atoms with Crippen molar-refractivity contribution < 1.29 is 14.3 Å². The Morgan fingerprint density at radius 2 is 1.85 bits per heavy atom. The first kappa shape index (κ1) is 14.7. The van der Waals surface area contributed by atoms with Crippen LogP contribution in [0.5, 0.6) is 0 Å². The van der Waals surface area contributed by atoms with Crippen LogP contribution in [0.1, 0.15) is 0 Å². The third-order valence-electron chi connectivity index (χ3n) is 0.927. The molecule has 0 bridgehead atoms. The summed E-state index contributed by atoms with van der Waals surface area (Å²) < 4.78 is 9.19. The van der Waals surface area contributed by atoms with Gasteiger partial charge < -0.3 is 26.3 Å². The van der Waals surface area contributed by atoms with Gasteiger partial charge in [-0.3, -0.25) is 0 Å². The zero-order chi connectivity index (χ0) is 10.5. The number of nitrogens with two attached hydrogens (primary N) is 2. The Balaban J connectivity index is 0. The van der Waals surface area contributed by atoms with Gasteiger partial charge in [0.05, 0.1) is 13.2 Å². The molecule has 0 saturated carbocycles. The summed E-state index contributed by atoms with van der Waals surface area (Å²) in [5.74, 6) is 0. The summed E-state index contributed by atoms with van der Waals surface area (Å²) >= 11 is 0. The van der Waals surface area contributed by atoms with Gasteiger partial charge in [0.1, 0.15) is 0 Å². The normalized spacial score (nSPS) is 8.54. The molecule has 0 aromatic carbocycles. The third-order valence-corrected chi connectivity index (χ3v) is 0.927. The van der Waals surface area contributed by atoms with Gasteiger partial charge in [-0.2, -0.15) is 0 Å². The molecule has 6 heteroatoms. The zero-order valence-electron chi connectivity index (χ0n) is 8.21. The van der Waals surface area contributed by atoms with E-state index in [1.54, 1.807) is 14.2 Å². The van der Waals surface area contributed by atoms with E-state index in [-0.39, 0.29) is 0 Å². The molecule has 0 aliphatic carbocycles. The number of carbonyl (C=O) groups excluding carboxylic acids is 1. The standard InChI is InChI=1S/C4H10N2O2.C3H9NO/c1-8-3-2-6-4(5)7;1-5-3-2-4/h2-3H2,1H3,(H3,5,6,7);2-4H2,1H3. The molecule has 0 spiro atoms. The summed E-state index contributed by atoms with van der Waals surface area (Å²) in [6.45, 7) is 2.27. The lowest BCUT2D eigenvalue weighted by Crippen LogP contribution is -2.31. The van der Waals surface area contributed by atoms with Crippen molar-refractivity contribution in [1.29, 1.82) is 0 Å². The fourth-order valence-electron chi connectivity index (χ4n) is 0.394. The molecule has 0 fully saturated rings. The summed E-state index contributed by atoms with van der Waals surface area (Å²) in [4.78, 5) is 9.93. The van der Waals surface area contributed by atoms with E-state index in [9.17, 15) is 4.79 Å². The monoisotopic (exact) mass is 193 g/mol. The third kappa shape index (κ3) is 24.7. The number of primary amides is 1. The lowest BCUT2D eigenvalue weighted by atomic mass is 10.7. The van der Waals surface area contributed by atoms with Crippen molar-refractivity contribution in [3.63, 3.8) is 0 Å². The van der Waals surface area contributed by atoms with Gasteiger partial charge in [-0.25, -0.2) is 4.79 Å². The van der Waals surface area contributed by atoms with Crippen LogP contribution in [0.25, 0.3) is 0 Å². The average molecular weight is 193 g/mol. The number of hydrogen-bond donors (Lipinski definition) is 3. The van der Waals surface area contributed by atoms with Crippen molar-refractivity contribution in [2.75, 3.05) is 40.5 Å². The average Bonchev–Trinajstić information content (AvgIpc) is 2.07. The largest absolute Gasteiger partial charge is 0.383 e. The number of rotatable bonds is 5. The molecular weight excluding hydrogens is 174 g/mol. The van der Waals surface area contributed by atoms with Crippen LogP contribution >= 0.6 is 0 Å². The van der Waals surface area contributed by atoms with Crippen molar-refractivity contribution in [2.24, 2.45) is 11.5 Å². The SMILES string of the molecule is COCCN.COCCNC(N)=O. The summed E-state index contributed by atoms with van der Waals surface area (Å²) in [6.07, 6.45) is 0. The molecule has 80 valence electrons. The van der Waals surface area contributed by atoms with Crippen molar-refractivity contribution in [3.8, 4) is 0 Å². The minimum Gasteiger partial charge on any atom is -0.383 e. The first-order chi connectivity index (χ1) is 6.18. The number of carbonyl (C=O) groups is 1. The van der Waals surface area contributed by atoms with Crippen molar-refractivity contribution >= 4 is 6.03 Å². The molecule has 6 nitrogen and oxygen atoms in total. The van der Waals surface area contributed by atoms with Gasteiger partial charge in [0.25, 0.3) is 0 Å². The van der Waals surface area contributed by atoms with Gasteiger partial charge in [0.15, 0.2) is 0 Å². The fourth-order valence-corrected chi connectivity index (χ4v) is 0.394. The Kier molecular flexibility index (Phi) is 15.5. The molecular formula is C7H19N3O3. The van der Waals surface area contributed by atoms with Crippen LogP contribution in [-0.2, 0) is 9.47 Å². The molecule has 0 aliphatic rings. The molecule has 13 heavy (non-hydrogen) atoms. The van der Waals surface area contributed by atoms with Gasteiger partial charge in [-0.05, 0) is 0 Å². The summed E-state index contributed by atoms with van der Waals surface area (Å²) in [6, 6.07) is -0.512. The molecule has 0 heterocycles. The summed E-state index contributed by atoms with van der Waals surface area (Å²) in [5, 5.41) is 2.36. The van der Waals surface area contributed by atoms with E-state index in [0.29, 0.717) is 26.3 Å². The molecule has 0 aromatic heterocycles. The van der Waals surface area contributed by atoms with Gasteiger partial charge >= 0.3 is 6.03 Å². The van der Waals surface area contributed by atoms with E-state index in [0.717, 1.165) is 0 Å². The van der Waals surface area contributed by atoms with Gasteiger partial charge in [0.2, 0.25) is 0 Å². The smallest absolute Gasteiger partial charge is 0.312 e. The topological polar surface area (TPSA) is 99.6 Å². The van der Waals surface area contributed by atoms with Crippen LogP contribution in [0, 0.1) is 0 Å². The number of urea groups is 1. The highest BCUT2D eigenvalue weighted by Gasteiger charge is 1.86. The second-order valence-electron chi connectivity index (χ2n) is 2.07. The first-order valence-corrected chi connectivity index (χ1v) is 3.90. The van der Waals surface area contributed by atoms with Gasteiger partial charge in [-0.1, -0.05) is 0 Å². The molecule has 0 atom stereocenters. The van der Waals surface area contributed by atoms with Crippen LogP contribution in [-0.4, -0.2) is 46.6 Å². The lowest BCUT2D eigenvalue weighted by Gasteiger charge is -1.97.